The first-order valence-electron chi connectivity index (χ1n) is 6.86. The molecule has 1 aromatic rings. The summed E-state index contributed by atoms with van der Waals surface area (Å²) in [7, 11) is 2.16. The maximum absolute atomic E-state index is 13.8. The van der Waals surface area contributed by atoms with Crippen LogP contribution in [0.5, 0.6) is 0 Å². The zero-order chi connectivity index (χ0) is 13.3. The molecule has 0 atom stereocenters. The topological polar surface area (TPSA) is 3.24 Å². The number of rotatable bonds is 1. The third-order valence-electron chi connectivity index (χ3n) is 3.98. The van der Waals surface area contributed by atoms with Gasteiger partial charge in [-0.25, -0.2) is 4.39 Å². The van der Waals surface area contributed by atoms with E-state index in [2.05, 4.69) is 38.8 Å². The molecule has 0 unspecified atom stereocenters. The molecule has 1 aliphatic heterocycles. The summed E-state index contributed by atoms with van der Waals surface area (Å²) >= 11 is 0. The minimum Gasteiger partial charge on any atom is -0.306 e. The lowest BCUT2D eigenvalue weighted by molar-refractivity contribution is 0.255. The van der Waals surface area contributed by atoms with Gasteiger partial charge in [0.1, 0.15) is 5.82 Å². The lowest BCUT2D eigenvalue weighted by Crippen LogP contribution is -2.29. The number of piperidine rings is 1. The van der Waals surface area contributed by atoms with E-state index in [1.807, 2.05) is 0 Å². The quantitative estimate of drug-likeness (QED) is 0.729. The molecule has 0 aliphatic carbocycles. The number of hydrogen-bond acceptors (Lipinski definition) is 1. The largest absolute Gasteiger partial charge is 0.306 e. The molecule has 0 spiro atoms. The first kappa shape index (κ1) is 13.5. The highest BCUT2D eigenvalue weighted by Gasteiger charge is 2.21. The standard InChI is InChI=1S/C16H24FN/c1-16(2,3)14-9-13(10-15(17)11-14)12-5-7-18(4)8-6-12/h9-12H,5-8H2,1-4H3. The van der Waals surface area contributed by atoms with Crippen molar-refractivity contribution in [2.75, 3.05) is 20.1 Å². The molecule has 100 valence electrons. The summed E-state index contributed by atoms with van der Waals surface area (Å²) in [5.74, 6) is 0.439. The van der Waals surface area contributed by atoms with Crippen molar-refractivity contribution in [1.29, 1.82) is 0 Å². The first-order valence-corrected chi connectivity index (χ1v) is 6.86. The lowest BCUT2D eigenvalue weighted by Gasteiger charge is -2.30. The molecule has 0 saturated carbocycles. The molecule has 0 amide bonds. The minimum absolute atomic E-state index is 0.0162. The van der Waals surface area contributed by atoms with Crippen LogP contribution in [0.2, 0.25) is 0 Å². The Balaban J connectivity index is 2.25. The second-order valence-electron chi connectivity index (χ2n) is 6.60. The second-order valence-corrected chi connectivity index (χ2v) is 6.60. The fourth-order valence-corrected chi connectivity index (χ4v) is 2.62. The number of hydrogen-bond donors (Lipinski definition) is 0. The van der Waals surface area contributed by atoms with Crippen molar-refractivity contribution >= 4 is 0 Å². The molecular formula is C16H24FN. The predicted molar refractivity (Wildman–Crippen MR) is 74.6 cm³/mol. The van der Waals surface area contributed by atoms with E-state index in [-0.39, 0.29) is 11.2 Å². The van der Waals surface area contributed by atoms with Gasteiger partial charge in [0.15, 0.2) is 0 Å². The Labute approximate surface area is 110 Å². The van der Waals surface area contributed by atoms with Crippen molar-refractivity contribution in [2.45, 2.75) is 44.9 Å². The van der Waals surface area contributed by atoms with Crippen molar-refractivity contribution in [3.8, 4) is 0 Å². The van der Waals surface area contributed by atoms with Gasteiger partial charge in [0.2, 0.25) is 0 Å². The molecule has 0 radical (unpaired) electrons. The fraction of sp³-hybridized carbons (Fsp3) is 0.625. The molecule has 1 aromatic carbocycles. The number of benzene rings is 1. The van der Waals surface area contributed by atoms with Crippen LogP contribution in [-0.2, 0) is 5.41 Å². The first-order chi connectivity index (χ1) is 8.36. The Hall–Kier alpha value is -0.890. The molecule has 0 bridgehead atoms. The van der Waals surface area contributed by atoms with E-state index in [1.54, 1.807) is 12.1 Å². The van der Waals surface area contributed by atoms with E-state index >= 15 is 0 Å². The highest BCUT2D eigenvalue weighted by atomic mass is 19.1. The van der Waals surface area contributed by atoms with Crippen LogP contribution < -0.4 is 0 Å². The van der Waals surface area contributed by atoms with E-state index in [0.717, 1.165) is 31.5 Å². The van der Waals surface area contributed by atoms with Crippen LogP contribution in [0.1, 0.15) is 50.7 Å². The van der Waals surface area contributed by atoms with Crippen molar-refractivity contribution in [3.05, 3.63) is 35.1 Å². The van der Waals surface area contributed by atoms with Crippen molar-refractivity contribution in [1.82, 2.24) is 4.90 Å². The van der Waals surface area contributed by atoms with Crippen LogP contribution >= 0.6 is 0 Å². The summed E-state index contributed by atoms with van der Waals surface area (Å²) in [5, 5.41) is 0. The van der Waals surface area contributed by atoms with Crippen LogP contribution in [0.4, 0.5) is 4.39 Å². The van der Waals surface area contributed by atoms with Crippen LogP contribution in [0.25, 0.3) is 0 Å². The molecule has 1 nitrogen and oxygen atoms in total. The average Bonchev–Trinajstić information content (AvgIpc) is 2.28. The summed E-state index contributed by atoms with van der Waals surface area (Å²) in [6.07, 6.45) is 2.28. The van der Waals surface area contributed by atoms with E-state index < -0.39 is 0 Å². The third kappa shape index (κ3) is 3.11. The SMILES string of the molecule is CN1CCC(c2cc(F)cc(C(C)(C)C)c2)CC1. The Bertz CT molecular complexity index is 412. The maximum Gasteiger partial charge on any atom is 0.123 e. The fourth-order valence-electron chi connectivity index (χ4n) is 2.62. The normalized spacial score (nSPS) is 19.2. The summed E-state index contributed by atoms with van der Waals surface area (Å²) in [6.45, 7) is 8.65. The molecule has 2 heteroatoms. The van der Waals surface area contributed by atoms with E-state index in [1.165, 1.54) is 5.56 Å². The summed E-state index contributed by atoms with van der Waals surface area (Å²) < 4.78 is 13.8. The van der Waals surface area contributed by atoms with E-state index in [0.29, 0.717) is 5.92 Å². The van der Waals surface area contributed by atoms with Crippen LogP contribution in [0, 0.1) is 5.82 Å². The highest BCUT2D eigenvalue weighted by molar-refractivity contribution is 5.32. The van der Waals surface area contributed by atoms with Crippen LogP contribution in [0.3, 0.4) is 0 Å². The van der Waals surface area contributed by atoms with Gasteiger partial charge in [-0.15, -0.1) is 0 Å². The molecule has 1 aliphatic rings. The molecule has 18 heavy (non-hydrogen) atoms. The van der Waals surface area contributed by atoms with Gasteiger partial charge in [-0.2, -0.15) is 0 Å². The molecule has 0 N–H and O–H groups in total. The Kier molecular flexibility index (Phi) is 3.76. The van der Waals surface area contributed by atoms with Gasteiger partial charge in [-0.05, 0) is 67.6 Å². The molecular weight excluding hydrogens is 225 g/mol. The van der Waals surface area contributed by atoms with E-state index in [9.17, 15) is 4.39 Å². The average molecular weight is 249 g/mol. The third-order valence-corrected chi connectivity index (χ3v) is 3.98. The lowest BCUT2D eigenvalue weighted by atomic mass is 9.82. The van der Waals surface area contributed by atoms with E-state index in [4.69, 9.17) is 0 Å². The van der Waals surface area contributed by atoms with Gasteiger partial charge in [-0.1, -0.05) is 26.8 Å². The summed E-state index contributed by atoms with van der Waals surface area (Å²) in [4.78, 5) is 2.35. The summed E-state index contributed by atoms with van der Waals surface area (Å²) in [6, 6.07) is 5.61. The number of halogens is 1. The monoisotopic (exact) mass is 249 g/mol. The Morgan fingerprint density at radius 3 is 2.28 bits per heavy atom. The smallest absolute Gasteiger partial charge is 0.123 e. The minimum atomic E-state index is -0.0867. The van der Waals surface area contributed by atoms with Crippen molar-refractivity contribution in [2.24, 2.45) is 0 Å². The molecule has 1 fully saturated rings. The van der Waals surface area contributed by atoms with Gasteiger partial charge in [0.25, 0.3) is 0 Å². The zero-order valence-electron chi connectivity index (χ0n) is 12.0. The van der Waals surface area contributed by atoms with Crippen molar-refractivity contribution < 1.29 is 4.39 Å². The van der Waals surface area contributed by atoms with Gasteiger partial charge < -0.3 is 4.90 Å². The molecule has 2 rings (SSSR count). The Morgan fingerprint density at radius 2 is 1.72 bits per heavy atom. The number of likely N-dealkylation sites (tertiary alicyclic amines) is 1. The van der Waals surface area contributed by atoms with Gasteiger partial charge >= 0.3 is 0 Å². The van der Waals surface area contributed by atoms with Gasteiger partial charge in [0.05, 0.1) is 0 Å². The van der Waals surface area contributed by atoms with Crippen LogP contribution in [0.15, 0.2) is 18.2 Å². The van der Waals surface area contributed by atoms with Gasteiger partial charge in [0, 0.05) is 0 Å². The Morgan fingerprint density at radius 1 is 1.11 bits per heavy atom. The highest BCUT2D eigenvalue weighted by Crippen LogP contribution is 2.32. The van der Waals surface area contributed by atoms with Crippen molar-refractivity contribution in [3.63, 3.8) is 0 Å². The maximum atomic E-state index is 13.8. The predicted octanol–water partition coefficient (Wildman–Crippen LogP) is 3.93. The molecule has 0 aromatic heterocycles. The molecule has 1 heterocycles. The van der Waals surface area contributed by atoms with Gasteiger partial charge in [-0.3, -0.25) is 0 Å². The van der Waals surface area contributed by atoms with Crippen LogP contribution in [-0.4, -0.2) is 25.0 Å². The zero-order valence-corrected chi connectivity index (χ0v) is 12.0. The second kappa shape index (κ2) is 5.00. The number of nitrogens with zero attached hydrogens (tertiary/aromatic N) is 1. The summed E-state index contributed by atoms with van der Waals surface area (Å²) in [5.41, 5.74) is 2.31. The molecule has 1 saturated heterocycles.